The van der Waals surface area contributed by atoms with Crippen LogP contribution in [0.4, 0.5) is 0 Å². The van der Waals surface area contributed by atoms with E-state index in [-0.39, 0.29) is 5.91 Å². The van der Waals surface area contributed by atoms with Crippen LogP contribution < -0.4 is 10.9 Å². The number of allylic oxidation sites excluding steroid dienone is 1. The Morgan fingerprint density at radius 2 is 1.88 bits per heavy atom. The molecular weight excluding hydrogens is 216 g/mol. The van der Waals surface area contributed by atoms with Gasteiger partial charge in [-0.2, -0.15) is 0 Å². The van der Waals surface area contributed by atoms with Crippen molar-refractivity contribution in [3.05, 3.63) is 11.3 Å². The monoisotopic (exact) mass is 234 g/mol. The molecule has 3 aliphatic rings. The van der Waals surface area contributed by atoms with Gasteiger partial charge in [0.1, 0.15) is 5.70 Å². The Morgan fingerprint density at radius 3 is 2.71 bits per heavy atom. The second-order valence-electron chi connectivity index (χ2n) is 4.80. The molecule has 0 aromatic carbocycles. The van der Waals surface area contributed by atoms with Crippen LogP contribution in [0.25, 0.3) is 0 Å². The molecule has 92 valence electrons. The van der Waals surface area contributed by atoms with Gasteiger partial charge in [0.25, 0.3) is 5.91 Å². The predicted octanol–water partition coefficient (Wildman–Crippen LogP) is 0.901. The van der Waals surface area contributed by atoms with Crippen LogP contribution in [0, 0.1) is 0 Å². The summed E-state index contributed by atoms with van der Waals surface area (Å²) >= 11 is 0. The first kappa shape index (κ1) is 10.6. The minimum atomic E-state index is 0.0964. The van der Waals surface area contributed by atoms with Gasteiger partial charge >= 0.3 is 0 Å². The normalized spacial score (nSPS) is 24.8. The second kappa shape index (κ2) is 4.39. The molecule has 1 saturated heterocycles. The summed E-state index contributed by atoms with van der Waals surface area (Å²) < 4.78 is 0. The Morgan fingerprint density at radius 1 is 1.06 bits per heavy atom. The number of nitrogens with one attached hydrogen (secondary N) is 2. The number of rotatable bonds is 0. The largest absolute Gasteiger partial charge is 0.293 e. The van der Waals surface area contributed by atoms with Crippen molar-refractivity contribution >= 4 is 11.9 Å². The molecule has 1 aliphatic carbocycles. The van der Waals surface area contributed by atoms with Crippen molar-refractivity contribution in [2.45, 2.75) is 38.5 Å². The molecule has 5 heteroatoms. The molecule has 0 radical (unpaired) electrons. The number of guanidine groups is 1. The highest BCUT2D eigenvalue weighted by molar-refractivity contribution is 6.07. The molecule has 0 spiro atoms. The van der Waals surface area contributed by atoms with Gasteiger partial charge in [-0.3, -0.25) is 25.5 Å². The van der Waals surface area contributed by atoms with E-state index in [1.165, 1.54) is 24.8 Å². The first-order chi connectivity index (χ1) is 8.36. The molecule has 2 fully saturated rings. The summed E-state index contributed by atoms with van der Waals surface area (Å²) in [6, 6.07) is 0. The van der Waals surface area contributed by atoms with Crippen molar-refractivity contribution in [3.8, 4) is 0 Å². The molecule has 0 atom stereocenters. The van der Waals surface area contributed by atoms with Crippen molar-refractivity contribution in [3.63, 3.8) is 0 Å². The molecule has 3 rings (SSSR count). The average molecular weight is 234 g/mol. The van der Waals surface area contributed by atoms with Crippen LogP contribution in [0.1, 0.15) is 38.5 Å². The maximum atomic E-state index is 12.3. The molecule has 0 aromatic rings. The SMILES string of the molecule is O=C1C(=C2CCCCC2)NNC2=NCCCN12. The van der Waals surface area contributed by atoms with E-state index >= 15 is 0 Å². The Hall–Kier alpha value is -1.52. The lowest BCUT2D eigenvalue weighted by molar-refractivity contribution is -0.125. The van der Waals surface area contributed by atoms with Crippen LogP contribution in [-0.2, 0) is 4.79 Å². The van der Waals surface area contributed by atoms with Crippen molar-refractivity contribution in [1.82, 2.24) is 15.8 Å². The molecule has 17 heavy (non-hydrogen) atoms. The van der Waals surface area contributed by atoms with Crippen LogP contribution in [0.3, 0.4) is 0 Å². The maximum absolute atomic E-state index is 12.3. The number of nitrogens with zero attached hydrogens (tertiary/aromatic N) is 2. The fourth-order valence-electron chi connectivity index (χ4n) is 2.68. The third kappa shape index (κ3) is 1.90. The van der Waals surface area contributed by atoms with E-state index in [4.69, 9.17) is 0 Å². The van der Waals surface area contributed by atoms with Gasteiger partial charge in [0.05, 0.1) is 0 Å². The summed E-state index contributed by atoms with van der Waals surface area (Å²) in [5.41, 5.74) is 8.14. The van der Waals surface area contributed by atoms with Gasteiger partial charge in [0.15, 0.2) is 0 Å². The highest BCUT2D eigenvalue weighted by Gasteiger charge is 2.31. The Balaban J connectivity index is 1.86. The lowest BCUT2D eigenvalue weighted by atomic mass is 9.93. The van der Waals surface area contributed by atoms with E-state index < -0.39 is 0 Å². The Kier molecular flexibility index (Phi) is 2.74. The van der Waals surface area contributed by atoms with Gasteiger partial charge in [-0.25, -0.2) is 0 Å². The number of fused-ring (bicyclic) bond motifs is 1. The summed E-state index contributed by atoms with van der Waals surface area (Å²) in [6.45, 7) is 1.59. The summed E-state index contributed by atoms with van der Waals surface area (Å²) in [5, 5.41) is 0. The van der Waals surface area contributed by atoms with Crippen molar-refractivity contribution in [2.75, 3.05) is 13.1 Å². The van der Waals surface area contributed by atoms with Crippen molar-refractivity contribution < 1.29 is 4.79 Å². The summed E-state index contributed by atoms with van der Waals surface area (Å²) in [5.74, 6) is 0.778. The van der Waals surface area contributed by atoms with E-state index in [1.807, 2.05) is 0 Å². The van der Waals surface area contributed by atoms with Gasteiger partial charge < -0.3 is 0 Å². The zero-order valence-corrected chi connectivity index (χ0v) is 9.96. The number of carbonyl (C=O) groups is 1. The average Bonchev–Trinajstić information content (AvgIpc) is 2.40. The number of aliphatic imine (C=N–C) groups is 1. The molecule has 0 aromatic heterocycles. The summed E-state index contributed by atoms with van der Waals surface area (Å²) in [6.07, 6.45) is 6.75. The number of hydrogen-bond donors (Lipinski definition) is 2. The van der Waals surface area contributed by atoms with Gasteiger partial charge in [-0.05, 0) is 37.7 Å². The fourth-order valence-corrected chi connectivity index (χ4v) is 2.68. The van der Waals surface area contributed by atoms with Crippen LogP contribution >= 0.6 is 0 Å². The smallest absolute Gasteiger partial charge is 0.278 e. The molecular formula is C12H18N4O. The quantitative estimate of drug-likeness (QED) is 0.612. The third-order valence-corrected chi connectivity index (χ3v) is 3.63. The van der Waals surface area contributed by atoms with Gasteiger partial charge in [0.2, 0.25) is 5.96 Å². The molecule has 0 bridgehead atoms. The van der Waals surface area contributed by atoms with Gasteiger partial charge in [-0.1, -0.05) is 6.42 Å². The van der Waals surface area contributed by atoms with E-state index in [9.17, 15) is 4.79 Å². The fraction of sp³-hybridized carbons (Fsp3) is 0.667. The first-order valence-corrected chi connectivity index (χ1v) is 6.46. The Bertz CT molecular complexity index is 391. The number of hydrazine groups is 1. The minimum Gasteiger partial charge on any atom is -0.293 e. The summed E-state index contributed by atoms with van der Waals surface area (Å²) in [7, 11) is 0. The van der Waals surface area contributed by atoms with E-state index in [0.717, 1.165) is 38.0 Å². The van der Waals surface area contributed by atoms with Crippen LogP contribution in [0.5, 0.6) is 0 Å². The molecule has 0 unspecified atom stereocenters. The minimum absolute atomic E-state index is 0.0964. The lowest BCUT2D eigenvalue weighted by Gasteiger charge is -2.35. The summed E-state index contributed by atoms with van der Waals surface area (Å²) in [4.78, 5) is 18.4. The zero-order valence-electron chi connectivity index (χ0n) is 9.96. The number of amides is 1. The standard InChI is InChI=1S/C12H18N4O/c17-11-10(9-5-2-1-3-6-9)14-15-12-13-7-4-8-16(11)12/h14H,1-8H2,(H,13,15). The van der Waals surface area contributed by atoms with E-state index in [0.29, 0.717) is 5.96 Å². The Labute approximate surface area is 101 Å². The number of carbonyl (C=O) groups excluding carboxylic acids is 1. The van der Waals surface area contributed by atoms with Crippen LogP contribution in [-0.4, -0.2) is 29.9 Å². The maximum Gasteiger partial charge on any atom is 0.278 e. The van der Waals surface area contributed by atoms with Crippen molar-refractivity contribution in [2.24, 2.45) is 4.99 Å². The lowest BCUT2D eigenvalue weighted by Crippen LogP contribution is -2.59. The highest BCUT2D eigenvalue weighted by Crippen LogP contribution is 2.26. The van der Waals surface area contributed by atoms with E-state index in [1.54, 1.807) is 4.90 Å². The van der Waals surface area contributed by atoms with Crippen molar-refractivity contribution in [1.29, 1.82) is 0 Å². The molecule has 5 nitrogen and oxygen atoms in total. The zero-order chi connectivity index (χ0) is 11.7. The first-order valence-electron chi connectivity index (χ1n) is 6.46. The van der Waals surface area contributed by atoms with Gasteiger partial charge in [0, 0.05) is 13.1 Å². The number of hydrogen-bond acceptors (Lipinski definition) is 4. The predicted molar refractivity (Wildman–Crippen MR) is 65.0 cm³/mol. The topological polar surface area (TPSA) is 56.7 Å². The van der Waals surface area contributed by atoms with E-state index in [2.05, 4.69) is 15.8 Å². The second-order valence-corrected chi connectivity index (χ2v) is 4.80. The molecule has 2 heterocycles. The molecule has 1 saturated carbocycles. The highest BCUT2D eigenvalue weighted by atomic mass is 16.2. The van der Waals surface area contributed by atoms with Gasteiger partial charge in [-0.15, -0.1) is 0 Å². The molecule has 1 amide bonds. The molecule has 2 aliphatic heterocycles. The molecule has 2 N–H and O–H groups in total. The van der Waals surface area contributed by atoms with Crippen LogP contribution in [0.2, 0.25) is 0 Å². The van der Waals surface area contributed by atoms with Crippen LogP contribution in [0.15, 0.2) is 16.3 Å². The third-order valence-electron chi connectivity index (χ3n) is 3.63.